The van der Waals surface area contributed by atoms with Crippen LogP contribution in [0.15, 0.2) is 24.3 Å². The molecule has 80 valence electrons. The van der Waals surface area contributed by atoms with Crippen LogP contribution in [-0.4, -0.2) is 18.8 Å². The molecule has 1 aromatic rings. The summed E-state index contributed by atoms with van der Waals surface area (Å²) in [5.41, 5.74) is 0.878. The van der Waals surface area contributed by atoms with Gasteiger partial charge in [-0.25, -0.2) is 0 Å². The summed E-state index contributed by atoms with van der Waals surface area (Å²) in [6.07, 6.45) is 3.17. The van der Waals surface area contributed by atoms with Crippen LogP contribution in [-0.2, 0) is 4.79 Å². The Hall–Kier alpha value is -0.550. The molecule has 1 aromatic carbocycles. The third-order valence-corrected chi connectivity index (χ3v) is 2.71. The smallest absolute Gasteiger partial charge is 0.170 e. The highest BCUT2D eigenvalue weighted by Gasteiger charge is 2.00. The van der Waals surface area contributed by atoms with Crippen LogP contribution in [0, 0.1) is 3.57 Å². The van der Waals surface area contributed by atoms with Crippen LogP contribution in [0.5, 0.6) is 5.75 Å². The largest absolute Gasteiger partial charge is 0.496 e. The maximum absolute atomic E-state index is 11.0. The van der Waals surface area contributed by atoms with Crippen molar-refractivity contribution in [2.24, 2.45) is 0 Å². The average Bonchev–Trinajstić information content (AvgIpc) is 2.26. The summed E-state index contributed by atoms with van der Waals surface area (Å²) in [5.74, 6) is 0.634. The molecule has 0 aliphatic rings. The number of halogens is 2. The summed E-state index contributed by atoms with van der Waals surface area (Å²) in [6, 6.07) is 5.75. The summed E-state index contributed by atoms with van der Waals surface area (Å²) < 4.78 is 6.26. The quantitative estimate of drug-likeness (QED) is 0.480. The SMILES string of the molecule is COc1ccc(I)cc1C=CC(=O)CCl. The molecule has 0 saturated heterocycles. The first-order chi connectivity index (χ1) is 7.17. The van der Waals surface area contributed by atoms with Gasteiger partial charge in [0.25, 0.3) is 0 Å². The van der Waals surface area contributed by atoms with Gasteiger partial charge in [0.05, 0.1) is 13.0 Å². The molecular formula is C11H10ClIO2. The summed E-state index contributed by atoms with van der Waals surface area (Å²) in [4.78, 5) is 11.0. The molecule has 0 spiro atoms. The number of carbonyl (C=O) groups excluding carboxylic acids is 1. The second kappa shape index (κ2) is 6.12. The molecule has 0 bridgehead atoms. The van der Waals surface area contributed by atoms with Crippen LogP contribution < -0.4 is 4.74 Å². The van der Waals surface area contributed by atoms with Crippen molar-refractivity contribution < 1.29 is 9.53 Å². The van der Waals surface area contributed by atoms with Crippen molar-refractivity contribution in [1.82, 2.24) is 0 Å². The number of allylic oxidation sites excluding steroid dienone is 1. The van der Waals surface area contributed by atoms with Gasteiger partial charge in [0.2, 0.25) is 0 Å². The molecular weight excluding hydrogens is 326 g/mol. The highest BCUT2D eigenvalue weighted by atomic mass is 127. The van der Waals surface area contributed by atoms with Gasteiger partial charge in [0.1, 0.15) is 5.75 Å². The Morgan fingerprint density at radius 2 is 2.33 bits per heavy atom. The minimum absolute atomic E-state index is 0.00272. The van der Waals surface area contributed by atoms with Gasteiger partial charge in [-0.05, 0) is 52.9 Å². The Balaban J connectivity index is 2.96. The maximum Gasteiger partial charge on any atom is 0.170 e. The van der Waals surface area contributed by atoms with Crippen molar-refractivity contribution in [2.45, 2.75) is 0 Å². The predicted octanol–water partition coefficient (Wildman–Crippen LogP) is 3.12. The minimum atomic E-state index is -0.113. The maximum atomic E-state index is 11.0. The monoisotopic (exact) mass is 336 g/mol. The van der Waals surface area contributed by atoms with Crippen molar-refractivity contribution in [3.05, 3.63) is 33.4 Å². The summed E-state index contributed by atoms with van der Waals surface area (Å²) in [5, 5.41) is 0. The van der Waals surface area contributed by atoms with Crippen LogP contribution in [0.25, 0.3) is 6.08 Å². The van der Waals surface area contributed by atoms with E-state index in [0.717, 1.165) is 14.9 Å². The third-order valence-electron chi connectivity index (χ3n) is 1.77. The molecule has 0 amide bonds. The molecule has 15 heavy (non-hydrogen) atoms. The fraction of sp³-hybridized carbons (Fsp3) is 0.182. The molecule has 0 aromatic heterocycles. The number of hydrogen-bond donors (Lipinski definition) is 0. The van der Waals surface area contributed by atoms with Crippen LogP contribution in [0.1, 0.15) is 5.56 Å². The molecule has 4 heteroatoms. The lowest BCUT2D eigenvalue weighted by atomic mass is 10.2. The topological polar surface area (TPSA) is 26.3 Å². The van der Waals surface area contributed by atoms with Gasteiger partial charge >= 0.3 is 0 Å². The van der Waals surface area contributed by atoms with E-state index >= 15 is 0 Å². The molecule has 0 fully saturated rings. The van der Waals surface area contributed by atoms with Crippen LogP contribution in [0.2, 0.25) is 0 Å². The van der Waals surface area contributed by atoms with Gasteiger partial charge in [0.15, 0.2) is 5.78 Å². The fourth-order valence-corrected chi connectivity index (χ4v) is 1.67. The molecule has 0 unspecified atom stereocenters. The zero-order chi connectivity index (χ0) is 11.3. The highest BCUT2D eigenvalue weighted by Crippen LogP contribution is 2.22. The lowest BCUT2D eigenvalue weighted by Crippen LogP contribution is -1.93. The molecule has 0 aliphatic heterocycles. The number of rotatable bonds is 4. The lowest BCUT2D eigenvalue weighted by molar-refractivity contribution is -0.112. The standard InChI is InChI=1S/C11H10ClIO2/c1-15-11-5-3-9(13)6-8(11)2-4-10(14)7-12/h2-6H,7H2,1H3. The first kappa shape index (κ1) is 12.5. The molecule has 0 heterocycles. The van der Waals surface area contributed by atoms with E-state index in [1.165, 1.54) is 6.08 Å². The number of hydrogen-bond acceptors (Lipinski definition) is 2. The number of ketones is 1. The summed E-state index contributed by atoms with van der Waals surface area (Å²) in [6.45, 7) is 0. The van der Waals surface area contributed by atoms with Crippen molar-refractivity contribution in [3.63, 3.8) is 0 Å². The number of methoxy groups -OCH3 is 1. The van der Waals surface area contributed by atoms with E-state index in [-0.39, 0.29) is 11.7 Å². The third kappa shape index (κ3) is 3.83. The molecule has 0 aliphatic carbocycles. The van der Waals surface area contributed by atoms with E-state index in [2.05, 4.69) is 22.6 Å². The van der Waals surface area contributed by atoms with Gasteiger partial charge in [-0.2, -0.15) is 0 Å². The van der Waals surface area contributed by atoms with Gasteiger partial charge in [-0.3, -0.25) is 4.79 Å². The van der Waals surface area contributed by atoms with Gasteiger partial charge in [0, 0.05) is 9.13 Å². The van der Waals surface area contributed by atoms with E-state index in [1.807, 2.05) is 18.2 Å². The second-order valence-corrected chi connectivity index (χ2v) is 4.33. The zero-order valence-electron chi connectivity index (χ0n) is 8.17. The van der Waals surface area contributed by atoms with Gasteiger partial charge < -0.3 is 4.74 Å². The van der Waals surface area contributed by atoms with E-state index < -0.39 is 0 Å². The normalized spacial score (nSPS) is 10.6. The zero-order valence-corrected chi connectivity index (χ0v) is 11.1. The van der Waals surface area contributed by atoms with Crippen molar-refractivity contribution in [2.75, 3.05) is 13.0 Å². The summed E-state index contributed by atoms with van der Waals surface area (Å²) >= 11 is 7.59. The van der Waals surface area contributed by atoms with Crippen LogP contribution in [0.4, 0.5) is 0 Å². The van der Waals surface area contributed by atoms with Crippen molar-refractivity contribution in [3.8, 4) is 5.75 Å². The molecule has 0 N–H and O–H groups in total. The Morgan fingerprint density at radius 3 is 2.93 bits per heavy atom. The number of alkyl halides is 1. The van der Waals surface area contributed by atoms with Crippen LogP contribution in [0.3, 0.4) is 0 Å². The Labute approximate surface area is 107 Å². The van der Waals surface area contributed by atoms with E-state index in [4.69, 9.17) is 16.3 Å². The predicted molar refractivity (Wildman–Crippen MR) is 70.5 cm³/mol. The lowest BCUT2D eigenvalue weighted by Gasteiger charge is -2.04. The van der Waals surface area contributed by atoms with Crippen LogP contribution >= 0.6 is 34.2 Å². The first-order valence-corrected chi connectivity index (χ1v) is 5.89. The molecule has 0 atom stereocenters. The summed E-state index contributed by atoms with van der Waals surface area (Å²) in [7, 11) is 1.60. The van der Waals surface area contributed by atoms with Crippen molar-refractivity contribution >= 4 is 46.1 Å². The molecule has 0 radical (unpaired) electrons. The van der Waals surface area contributed by atoms with E-state index in [1.54, 1.807) is 13.2 Å². The first-order valence-electron chi connectivity index (χ1n) is 4.28. The number of benzene rings is 1. The van der Waals surface area contributed by atoms with Gasteiger partial charge in [-0.15, -0.1) is 11.6 Å². The highest BCUT2D eigenvalue weighted by molar-refractivity contribution is 14.1. The second-order valence-electron chi connectivity index (χ2n) is 2.82. The van der Waals surface area contributed by atoms with E-state index in [0.29, 0.717) is 0 Å². The molecule has 0 saturated carbocycles. The molecule has 1 rings (SSSR count). The van der Waals surface area contributed by atoms with Crippen molar-refractivity contribution in [1.29, 1.82) is 0 Å². The fourth-order valence-electron chi connectivity index (χ4n) is 1.06. The Morgan fingerprint density at radius 1 is 1.60 bits per heavy atom. The van der Waals surface area contributed by atoms with Gasteiger partial charge in [-0.1, -0.05) is 0 Å². The number of carbonyl (C=O) groups is 1. The minimum Gasteiger partial charge on any atom is -0.496 e. The Bertz CT molecular complexity index is 388. The average molecular weight is 337 g/mol. The Kier molecular flexibility index (Phi) is 5.11. The number of ether oxygens (including phenoxy) is 1. The molecule has 2 nitrogen and oxygen atoms in total. The van der Waals surface area contributed by atoms with E-state index in [9.17, 15) is 4.79 Å².